The van der Waals surface area contributed by atoms with Crippen LogP contribution < -0.4 is 9.44 Å². The van der Waals surface area contributed by atoms with Gasteiger partial charge < -0.3 is 9.84 Å². The van der Waals surface area contributed by atoms with Crippen molar-refractivity contribution in [2.75, 3.05) is 13.2 Å². The Morgan fingerprint density at radius 2 is 1.72 bits per heavy atom. The lowest BCUT2D eigenvalue weighted by atomic mass is 9.98. The largest absolute Gasteiger partial charge is 0.394 e. The molecule has 0 spiro atoms. The number of hydrogen-bond donors (Lipinski definition) is 3. The van der Waals surface area contributed by atoms with E-state index in [2.05, 4.69) is 9.44 Å². The third-order valence-electron chi connectivity index (χ3n) is 5.07. The van der Waals surface area contributed by atoms with Crippen LogP contribution in [0.3, 0.4) is 0 Å². The summed E-state index contributed by atoms with van der Waals surface area (Å²) in [7, 11) is -7.73. The Labute approximate surface area is 191 Å². The van der Waals surface area contributed by atoms with Gasteiger partial charge in [-0.2, -0.15) is 0 Å². The van der Waals surface area contributed by atoms with Crippen LogP contribution >= 0.6 is 11.6 Å². The molecule has 0 bridgehead atoms. The SMILES string of the molecule is O=S(=O)(NCC[C@@H]1CC[C@@H](NS(=O)(=O)c2cccc(Cl)c2)[C@@H](CO)O1)c1cccc(F)c1. The number of benzene rings is 2. The van der Waals surface area contributed by atoms with Crippen molar-refractivity contribution in [1.82, 2.24) is 9.44 Å². The Bertz CT molecular complexity index is 1150. The molecule has 8 nitrogen and oxygen atoms in total. The van der Waals surface area contributed by atoms with Gasteiger partial charge in [-0.1, -0.05) is 23.7 Å². The van der Waals surface area contributed by atoms with Gasteiger partial charge >= 0.3 is 0 Å². The van der Waals surface area contributed by atoms with Crippen LogP contribution in [0.15, 0.2) is 58.3 Å². The van der Waals surface area contributed by atoms with E-state index in [1.54, 1.807) is 6.07 Å². The number of rotatable bonds is 9. The van der Waals surface area contributed by atoms with Crippen molar-refractivity contribution in [2.24, 2.45) is 0 Å². The van der Waals surface area contributed by atoms with Crippen molar-refractivity contribution in [3.63, 3.8) is 0 Å². The summed E-state index contributed by atoms with van der Waals surface area (Å²) in [5.74, 6) is -0.652. The summed E-state index contributed by atoms with van der Waals surface area (Å²) in [5, 5.41) is 9.98. The fourth-order valence-corrected chi connectivity index (χ4v) is 6.13. The van der Waals surface area contributed by atoms with Gasteiger partial charge in [0.05, 0.1) is 34.6 Å². The lowest BCUT2D eigenvalue weighted by Gasteiger charge is -2.36. The Morgan fingerprint density at radius 3 is 2.38 bits per heavy atom. The van der Waals surface area contributed by atoms with E-state index < -0.39 is 44.6 Å². The Hall–Kier alpha value is -1.60. The third kappa shape index (κ3) is 6.47. The van der Waals surface area contributed by atoms with Gasteiger partial charge in [-0.15, -0.1) is 0 Å². The topological polar surface area (TPSA) is 122 Å². The highest BCUT2D eigenvalue weighted by atomic mass is 35.5. The number of hydrogen-bond acceptors (Lipinski definition) is 6. The highest BCUT2D eigenvalue weighted by Crippen LogP contribution is 2.24. The summed E-state index contributed by atoms with van der Waals surface area (Å²) in [6, 6.07) is 9.87. The van der Waals surface area contributed by atoms with Gasteiger partial charge in [-0.25, -0.2) is 30.7 Å². The molecule has 1 aliphatic rings. The van der Waals surface area contributed by atoms with E-state index in [0.717, 1.165) is 12.1 Å². The summed E-state index contributed by atoms with van der Waals surface area (Å²) in [5.41, 5.74) is 0. The predicted octanol–water partition coefficient (Wildman–Crippen LogP) is 2.03. The van der Waals surface area contributed by atoms with Crippen LogP contribution in [0, 0.1) is 5.82 Å². The second-order valence-corrected chi connectivity index (χ2v) is 11.3. The molecule has 0 radical (unpaired) electrons. The molecule has 176 valence electrons. The molecule has 0 aromatic heterocycles. The highest BCUT2D eigenvalue weighted by Gasteiger charge is 2.34. The van der Waals surface area contributed by atoms with Crippen LogP contribution in [0.4, 0.5) is 4.39 Å². The molecule has 2 aromatic rings. The molecule has 3 N–H and O–H groups in total. The molecule has 0 aliphatic carbocycles. The summed E-state index contributed by atoms with van der Waals surface area (Å²) in [6.07, 6.45) is -0.0108. The minimum atomic E-state index is -3.87. The van der Waals surface area contributed by atoms with Crippen LogP contribution in [-0.2, 0) is 24.8 Å². The summed E-state index contributed by atoms with van der Waals surface area (Å²) in [4.78, 5) is -0.165. The molecule has 3 atom stereocenters. The van der Waals surface area contributed by atoms with Crippen LogP contribution in [0.25, 0.3) is 0 Å². The maximum atomic E-state index is 13.3. The molecule has 0 amide bonds. The third-order valence-corrected chi connectivity index (χ3v) is 8.25. The zero-order chi connectivity index (χ0) is 23.4. The van der Waals surface area contributed by atoms with Gasteiger partial charge in [0.2, 0.25) is 20.0 Å². The molecule has 0 unspecified atom stereocenters. The van der Waals surface area contributed by atoms with Gasteiger partial charge in [0.25, 0.3) is 0 Å². The summed E-state index contributed by atoms with van der Waals surface area (Å²) < 4.78 is 73.8. The van der Waals surface area contributed by atoms with Crippen molar-refractivity contribution >= 4 is 31.6 Å². The number of halogens is 2. The molecule has 1 aliphatic heterocycles. The molecular weight excluding hydrogens is 483 g/mol. The molecule has 1 fully saturated rings. The number of nitrogens with one attached hydrogen (secondary N) is 2. The first-order chi connectivity index (χ1) is 15.1. The molecule has 1 saturated heterocycles. The predicted molar refractivity (Wildman–Crippen MR) is 117 cm³/mol. The normalized spacial score (nSPS) is 22.0. The number of ether oxygens (including phenoxy) is 1. The zero-order valence-electron chi connectivity index (χ0n) is 16.9. The monoisotopic (exact) mass is 506 g/mol. The highest BCUT2D eigenvalue weighted by molar-refractivity contribution is 7.89. The number of sulfonamides is 2. The van der Waals surface area contributed by atoms with Gasteiger partial charge in [-0.05, 0) is 55.7 Å². The first kappa shape index (κ1) is 25.0. The van der Waals surface area contributed by atoms with Crippen LogP contribution in [0.2, 0.25) is 5.02 Å². The van der Waals surface area contributed by atoms with E-state index in [9.17, 15) is 26.3 Å². The van der Waals surface area contributed by atoms with Crippen LogP contribution in [0.1, 0.15) is 19.3 Å². The molecule has 1 heterocycles. The minimum Gasteiger partial charge on any atom is -0.394 e. The quantitative estimate of drug-likeness (QED) is 0.478. The van der Waals surface area contributed by atoms with Crippen molar-refractivity contribution in [3.05, 3.63) is 59.4 Å². The fraction of sp³-hybridized carbons (Fsp3) is 0.400. The maximum Gasteiger partial charge on any atom is 0.240 e. The van der Waals surface area contributed by atoms with E-state index in [0.29, 0.717) is 19.3 Å². The molecule has 12 heteroatoms. The number of aliphatic hydroxyl groups is 1. The average Bonchev–Trinajstić information content (AvgIpc) is 2.74. The average molecular weight is 507 g/mol. The molecule has 0 saturated carbocycles. The molecule has 2 aromatic carbocycles. The fourth-order valence-electron chi connectivity index (χ4n) is 3.45. The van der Waals surface area contributed by atoms with Crippen molar-refractivity contribution in [2.45, 2.75) is 47.3 Å². The minimum absolute atomic E-state index is 0.00979. The summed E-state index contributed by atoms with van der Waals surface area (Å²) >= 11 is 5.87. The number of aliphatic hydroxyl groups excluding tert-OH is 1. The first-order valence-electron chi connectivity index (χ1n) is 9.90. The summed E-state index contributed by atoms with van der Waals surface area (Å²) in [6.45, 7) is -0.366. The molecular formula is C20H24ClFN2O6S2. The van der Waals surface area contributed by atoms with Gasteiger partial charge in [0, 0.05) is 11.6 Å². The van der Waals surface area contributed by atoms with E-state index in [1.807, 2.05) is 0 Å². The lowest BCUT2D eigenvalue weighted by Crippen LogP contribution is -2.51. The second-order valence-electron chi connectivity index (χ2n) is 7.39. The smallest absolute Gasteiger partial charge is 0.240 e. The van der Waals surface area contributed by atoms with E-state index >= 15 is 0 Å². The van der Waals surface area contributed by atoms with Crippen molar-refractivity contribution in [3.8, 4) is 0 Å². The van der Waals surface area contributed by atoms with Crippen LogP contribution in [-0.4, -0.2) is 53.3 Å². The molecule has 3 rings (SSSR count). The Kier molecular flexibility index (Phi) is 8.26. The lowest BCUT2D eigenvalue weighted by molar-refractivity contribution is -0.0869. The van der Waals surface area contributed by atoms with Crippen molar-refractivity contribution in [1.29, 1.82) is 0 Å². The van der Waals surface area contributed by atoms with Gasteiger partial charge in [0.1, 0.15) is 5.82 Å². The van der Waals surface area contributed by atoms with E-state index in [4.69, 9.17) is 16.3 Å². The molecule has 32 heavy (non-hydrogen) atoms. The standard InChI is InChI=1S/C20H24ClFN2O6S2/c21-14-3-1-5-17(11-14)32(28,29)24-19-8-7-16(30-20(19)13-25)9-10-23-31(26,27)18-6-2-4-15(22)12-18/h1-6,11-12,16,19-20,23-25H,7-10,13H2/t16-,19+,20+/m0/s1. The van der Waals surface area contributed by atoms with Gasteiger partial charge in [-0.3, -0.25) is 0 Å². The Balaban J connectivity index is 1.55. The van der Waals surface area contributed by atoms with Crippen molar-refractivity contribution < 1.29 is 31.1 Å². The van der Waals surface area contributed by atoms with Gasteiger partial charge in [0.15, 0.2) is 0 Å². The van der Waals surface area contributed by atoms with Crippen LogP contribution in [0.5, 0.6) is 0 Å². The maximum absolute atomic E-state index is 13.3. The van der Waals surface area contributed by atoms with E-state index in [1.165, 1.54) is 30.3 Å². The zero-order valence-corrected chi connectivity index (χ0v) is 19.3. The first-order valence-corrected chi connectivity index (χ1v) is 13.2. The Morgan fingerprint density at radius 1 is 1.03 bits per heavy atom. The second kappa shape index (κ2) is 10.6. The van der Waals surface area contributed by atoms with E-state index in [-0.39, 0.29) is 27.5 Å².